The summed E-state index contributed by atoms with van der Waals surface area (Å²) in [7, 11) is 0. The fraction of sp³-hybridized carbons (Fsp3) is 0.267. The molecule has 138 valence electrons. The maximum absolute atomic E-state index is 12.6. The summed E-state index contributed by atoms with van der Waals surface area (Å²) in [4.78, 5) is 16.0. The lowest BCUT2D eigenvalue weighted by Crippen LogP contribution is -2.26. The Labute approximate surface area is 148 Å². The summed E-state index contributed by atoms with van der Waals surface area (Å²) in [5.41, 5.74) is -1.15. The van der Waals surface area contributed by atoms with Crippen molar-refractivity contribution < 1.29 is 23.0 Å². The van der Waals surface area contributed by atoms with Crippen LogP contribution in [-0.4, -0.2) is 39.0 Å². The van der Waals surface area contributed by atoms with Gasteiger partial charge in [0.2, 0.25) is 10.1 Å². The summed E-state index contributed by atoms with van der Waals surface area (Å²) in [6.45, 7) is -0.176. The summed E-state index contributed by atoms with van der Waals surface area (Å²) in [5, 5.41) is 17.1. The lowest BCUT2D eigenvalue weighted by Gasteiger charge is -2.14. The van der Waals surface area contributed by atoms with Crippen LogP contribution < -0.4 is 15.6 Å². The fourth-order valence-electron chi connectivity index (χ4n) is 2.03. The zero-order valence-electron chi connectivity index (χ0n) is 13.1. The van der Waals surface area contributed by atoms with Crippen molar-refractivity contribution >= 4 is 21.4 Å². The molecule has 0 aliphatic heterocycles. The van der Waals surface area contributed by atoms with Gasteiger partial charge in [-0.15, -0.1) is 5.10 Å². The maximum atomic E-state index is 12.6. The maximum Gasteiger partial charge on any atom is 0.416 e. The van der Waals surface area contributed by atoms with Gasteiger partial charge < -0.3 is 15.2 Å². The van der Waals surface area contributed by atoms with Crippen molar-refractivity contribution in [3.05, 3.63) is 52.4 Å². The molecule has 0 saturated heterocycles. The van der Waals surface area contributed by atoms with Crippen LogP contribution in [0.15, 0.2) is 41.3 Å². The highest BCUT2D eigenvalue weighted by Crippen LogP contribution is 2.31. The fourth-order valence-corrected chi connectivity index (χ4v) is 2.82. The molecule has 0 spiro atoms. The van der Waals surface area contributed by atoms with Crippen LogP contribution in [0.5, 0.6) is 5.75 Å². The van der Waals surface area contributed by atoms with Crippen LogP contribution in [0.1, 0.15) is 5.56 Å². The van der Waals surface area contributed by atoms with Crippen LogP contribution in [0.4, 0.5) is 18.3 Å². The molecule has 3 rings (SSSR count). The van der Waals surface area contributed by atoms with Crippen molar-refractivity contribution in [3.8, 4) is 5.75 Å². The van der Waals surface area contributed by atoms with E-state index in [1.807, 2.05) is 0 Å². The van der Waals surface area contributed by atoms with Crippen LogP contribution in [0.3, 0.4) is 0 Å². The number of benzene rings is 1. The van der Waals surface area contributed by atoms with E-state index in [1.54, 1.807) is 0 Å². The van der Waals surface area contributed by atoms with E-state index in [2.05, 4.69) is 15.4 Å². The van der Waals surface area contributed by atoms with Crippen molar-refractivity contribution in [1.29, 1.82) is 0 Å². The van der Waals surface area contributed by atoms with Crippen molar-refractivity contribution in [1.82, 2.24) is 14.6 Å². The van der Waals surface area contributed by atoms with Crippen LogP contribution >= 0.6 is 11.3 Å². The predicted octanol–water partition coefficient (Wildman–Crippen LogP) is 2.02. The van der Waals surface area contributed by atoms with Gasteiger partial charge in [-0.1, -0.05) is 17.4 Å². The predicted molar refractivity (Wildman–Crippen MR) is 88.6 cm³/mol. The topological polar surface area (TPSA) is 88.8 Å². The SMILES string of the molecule is O=c1ccnc2sc(NCC(O)COc3cccc(C(F)(F)F)c3)nn12. The van der Waals surface area contributed by atoms with E-state index in [0.717, 1.165) is 28.0 Å². The monoisotopic (exact) mass is 386 g/mol. The molecule has 0 bridgehead atoms. The first-order valence-electron chi connectivity index (χ1n) is 7.40. The third-order valence-corrected chi connectivity index (χ3v) is 4.14. The Balaban J connectivity index is 1.55. The van der Waals surface area contributed by atoms with Crippen LogP contribution in [0.2, 0.25) is 0 Å². The number of fused-ring (bicyclic) bond motifs is 1. The lowest BCUT2D eigenvalue weighted by atomic mass is 10.2. The van der Waals surface area contributed by atoms with E-state index >= 15 is 0 Å². The highest BCUT2D eigenvalue weighted by Gasteiger charge is 2.30. The Kier molecular flexibility index (Phi) is 5.09. The average Bonchev–Trinajstić information content (AvgIpc) is 3.02. The number of aliphatic hydroxyl groups excluding tert-OH is 1. The van der Waals surface area contributed by atoms with E-state index in [1.165, 1.54) is 24.4 Å². The number of nitrogens with one attached hydrogen (secondary N) is 1. The second kappa shape index (κ2) is 7.30. The van der Waals surface area contributed by atoms with Gasteiger partial charge in [0, 0.05) is 18.8 Å². The highest BCUT2D eigenvalue weighted by molar-refractivity contribution is 7.20. The first-order chi connectivity index (χ1) is 12.3. The molecule has 0 radical (unpaired) electrons. The van der Waals surface area contributed by atoms with Crippen molar-refractivity contribution in [2.75, 3.05) is 18.5 Å². The largest absolute Gasteiger partial charge is 0.491 e. The van der Waals surface area contributed by atoms with Gasteiger partial charge in [0.25, 0.3) is 5.56 Å². The molecular formula is C15H13F3N4O3S. The van der Waals surface area contributed by atoms with E-state index in [9.17, 15) is 23.1 Å². The Morgan fingerprint density at radius 1 is 1.35 bits per heavy atom. The van der Waals surface area contributed by atoms with Gasteiger partial charge in [0.05, 0.1) is 5.56 Å². The molecule has 2 heterocycles. The molecule has 1 unspecified atom stereocenters. The number of hydrogen-bond donors (Lipinski definition) is 2. The molecule has 0 amide bonds. The van der Waals surface area contributed by atoms with Gasteiger partial charge >= 0.3 is 6.18 Å². The number of ether oxygens (including phenoxy) is 1. The van der Waals surface area contributed by atoms with Gasteiger partial charge in [0.1, 0.15) is 18.5 Å². The Bertz CT molecular complexity index is 957. The van der Waals surface area contributed by atoms with Crippen LogP contribution in [0, 0.1) is 0 Å². The van der Waals surface area contributed by atoms with Crippen molar-refractivity contribution in [2.45, 2.75) is 12.3 Å². The summed E-state index contributed by atoms with van der Waals surface area (Å²) < 4.78 is 44.2. The number of rotatable bonds is 6. The third kappa shape index (κ3) is 4.29. The third-order valence-electron chi connectivity index (χ3n) is 3.26. The zero-order chi connectivity index (χ0) is 18.7. The van der Waals surface area contributed by atoms with E-state index in [-0.39, 0.29) is 24.5 Å². The van der Waals surface area contributed by atoms with E-state index < -0.39 is 17.8 Å². The quantitative estimate of drug-likeness (QED) is 0.674. The van der Waals surface area contributed by atoms with Gasteiger partial charge in [0.15, 0.2) is 0 Å². The molecule has 26 heavy (non-hydrogen) atoms. The number of hydrogen-bond acceptors (Lipinski definition) is 7. The first-order valence-corrected chi connectivity index (χ1v) is 8.21. The molecule has 0 aliphatic carbocycles. The molecule has 7 nitrogen and oxygen atoms in total. The highest BCUT2D eigenvalue weighted by atomic mass is 32.1. The van der Waals surface area contributed by atoms with Gasteiger partial charge in [-0.3, -0.25) is 4.79 Å². The van der Waals surface area contributed by atoms with Gasteiger partial charge in [-0.05, 0) is 18.2 Å². The van der Waals surface area contributed by atoms with Crippen molar-refractivity contribution in [2.24, 2.45) is 0 Å². The number of anilines is 1. The summed E-state index contributed by atoms with van der Waals surface area (Å²) >= 11 is 1.13. The smallest absolute Gasteiger partial charge is 0.416 e. The second-order valence-electron chi connectivity index (χ2n) is 5.26. The van der Waals surface area contributed by atoms with Gasteiger partial charge in [-0.2, -0.15) is 17.7 Å². The Morgan fingerprint density at radius 2 is 2.15 bits per heavy atom. The zero-order valence-corrected chi connectivity index (χ0v) is 13.9. The van der Waals surface area contributed by atoms with E-state index in [0.29, 0.717) is 10.1 Å². The number of halogens is 3. The van der Waals surface area contributed by atoms with Crippen molar-refractivity contribution in [3.63, 3.8) is 0 Å². The Hall–Kier alpha value is -2.66. The number of alkyl halides is 3. The minimum atomic E-state index is -4.46. The number of nitrogens with zero attached hydrogens (tertiary/aromatic N) is 3. The standard InChI is InChI=1S/C15H13F3N4O3S/c16-15(17,18)9-2-1-3-11(6-9)25-8-10(23)7-20-13-21-22-12(24)4-5-19-14(22)26-13/h1-6,10,23H,7-8H2,(H,20,21). The molecular weight excluding hydrogens is 373 g/mol. The first kappa shape index (κ1) is 18.1. The molecule has 0 saturated carbocycles. The van der Waals surface area contributed by atoms with Crippen LogP contribution in [-0.2, 0) is 6.18 Å². The number of aliphatic hydroxyl groups is 1. The summed E-state index contributed by atoms with van der Waals surface area (Å²) in [6.07, 6.45) is -4.09. The molecule has 3 aromatic rings. The molecule has 1 aromatic carbocycles. The molecule has 0 aliphatic rings. The molecule has 1 atom stereocenters. The number of aromatic nitrogens is 3. The normalized spacial score (nSPS) is 12.9. The molecule has 11 heteroatoms. The second-order valence-corrected chi connectivity index (χ2v) is 6.21. The molecule has 2 N–H and O–H groups in total. The minimum Gasteiger partial charge on any atom is -0.491 e. The average molecular weight is 386 g/mol. The summed E-state index contributed by atoms with van der Waals surface area (Å²) in [5.74, 6) is 0.00890. The minimum absolute atomic E-state index is 0.00890. The van der Waals surface area contributed by atoms with Crippen LogP contribution in [0.25, 0.3) is 4.96 Å². The summed E-state index contributed by atoms with van der Waals surface area (Å²) in [6, 6.07) is 5.68. The lowest BCUT2D eigenvalue weighted by molar-refractivity contribution is -0.137. The van der Waals surface area contributed by atoms with E-state index in [4.69, 9.17) is 4.74 Å². The van der Waals surface area contributed by atoms with Gasteiger partial charge in [-0.25, -0.2) is 4.98 Å². The molecule has 2 aromatic heterocycles. The molecule has 0 fully saturated rings. The Morgan fingerprint density at radius 3 is 2.88 bits per heavy atom.